The van der Waals surface area contributed by atoms with Crippen molar-refractivity contribution in [1.82, 2.24) is 9.97 Å². The second kappa shape index (κ2) is 9.54. The molecule has 0 spiro atoms. The fourth-order valence-electron chi connectivity index (χ4n) is 2.35. The van der Waals surface area contributed by atoms with Gasteiger partial charge in [-0.2, -0.15) is 8.78 Å². The van der Waals surface area contributed by atoms with Crippen molar-refractivity contribution in [3.8, 4) is 6.01 Å². The second-order valence-electron chi connectivity index (χ2n) is 6.22. The highest BCUT2D eigenvalue weighted by molar-refractivity contribution is 6.03. The smallest absolute Gasteiger partial charge is 0.431 e. The molecule has 3 rings (SSSR count). The molecule has 0 atom stereocenters. The average molecular weight is 471 g/mol. The number of aromatic nitrogens is 2. The van der Waals surface area contributed by atoms with E-state index in [2.05, 4.69) is 20.0 Å². The number of amides is 1. The highest BCUT2D eigenvalue weighted by Gasteiger charge is 2.41. The number of benzene rings is 2. The summed E-state index contributed by atoms with van der Waals surface area (Å²) in [6.07, 6.45) is -2.63. The first-order valence-corrected chi connectivity index (χ1v) is 8.82. The van der Waals surface area contributed by atoms with Crippen LogP contribution in [0.1, 0.15) is 15.9 Å². The molecule has 172 valence electrons. The Morgan fingerprint density at radius 1 is 0.909 bits per heavy atom. The zero-order valence-electron chi connectivity index (χ0n) is 16.1. The lowest BCUT2D eigenvalue weighted by molar-refractivity contribution is -0.243. The number of rotatable bonds is 7. The molecule has 0 aliphatic carbocycles. The summed E-state index contributed by atoms with van der Waals surface area (Å²) in [5.41, 5.74) is -1.44. The Labute approximate surface area is 181 Å². The lowest BCUT2D eigenvalue weighted by atomic mass is 10.2. The van der Waals surface area contributed by atoms with Crippen molar-refractivity contribution in [2.75, 3.05) is 11.9 Å². The number of anilines is 1. The van der Waals surface area contributed by atoms with E-state index >= 15 is 0 Å². The van der Waals surface area contributed by atoms with E-state index in [0.717, 1.165) is 24.5 Å². The topological polar surface area (TPSA) is 90.4 Å². The van der Waals surface area contributed by atoms with E-state index in [1.54, 1.807) is 0 Å². The van der Waals surface area contributed by atoms with Gasteiger partial charge in [0, 0.05) is 18.1 Å². The molecule has 1 aromatic heterocycles. The largest absolute Gasteiger partial charge is 0.451 e. The minimum atomic E-state index is -4.62. The minimum absolute atomic E-state index is 0.0467. The van der Waals surface area contributed by atoms with Crippen molar-refractivity contribution < 1.29 is 45.4 Å². The highest BCUT2D eigenvalue weighted by Crippen LogP contribution is 2.33. The van der Waals surface area contributed by atoms with E-state index in [1.165, 1.54) is 12.1 Å². The molecule has 0 saturated carbocycles. The monoisotopic (exact) mass is 471 g/mol. The first kappa shape index (κ1) is 23.5. The normalized spacial score (nSPS) is 11.1. The van der Waals surface area contributed by atoms with Gasteiger partial charge in [-0.05, 0) is 36.4 Å². The molecule has 1 amide bonds. The number of alkyl halides is 2. The summed E-state index contributed by atoms with van der Waals surface area (Å²) in [7, 11) is 0. The molecule has 0 saturated heterocycles. The van der Waals surface area contributed by atoms with Gasteiger partial charge >= 0.3 is 18.1 Å². The van der Waals surface area contributed by atoms with Crippen LogP contribution in [0, 0.1) is 23.3 Å². The molecule has 0 radical (unpaired) electrons. The number of hydrogen-bond donors (Lipinski definition) is 1. The van der Waals surface area contributed by atoms with E-state index in [-0.39, 0.29) is 17.7 Å². The summed E-state index contributed by atoms with van der Waals surface area (Å²) < 4.78 is 88.8. The average Bonchev–Trinajstić information content (AvgIpc) is 2.77. The molecule has 0 unspecified atom stereocenters. The number of halogens is 6. The van der Waals surface area contributed by atoms with Gasteiger partial charge in [0.1, 0.15) is 11.4 Å². The molecule has 1 N–H and O–H groups in total. The van der Waals surface area contributed by atoms with Crippen molar-refractivity contribution in [2.24, 2.45) is 0 Å². The molecule has 0 bridgehead atoms. The van der Waals surface area contributed by atoms with Crippen LogP contribution in [-0.2, 0) is 15.6 Å². The van der Waals surface area contributed by atoms with Crippen LogP contribution < -0.4 is 10.1 Å². The van der Waals surface area contributed by atoms with Crippen molar-refractivity contribution in [2.45, 2.75) is 6.11 Å². The fourth-order valence-corrected chi connectivity index (χ4v) is 2.35. The predicted octanol–water partition coefficient (Wildman–Crippen LogP) is 3.96. The number of carbonyl (C=O) groups excluding carboxylic acids is 2. The van der Waals surface area contributed by atoms with E-state index in [0.29, 0.717) is 5.69 Å². The van der Waals surface area contributed by atoms with Crippen LogP contribution in [0.3, 0.4) is 0 Å². The molecule has 1 heterocycles. The molecule has 3 aromatic rings. The molecule has 13 heteroatoms. The minimum Gasteiger partial charge on any atom is -0.451 e. The maximum atomic E-state index is 13.9. The van der Waals surface area contributed by atoms with E-state index in [4.69, 9.17) is 4.74 Å². The molecule has 7 nitrogen and oxygen atoms in total. The van der Waals surface area contributed by atoms with Gasteiger partial charge in [0.15, 0.2) is 24.1 Å². The predicted molar refractivity (Wildman–Crippen MR) is 98.2 cm³/mol. The van der Waals surface area contributed by atoms with Gasteiger partial charge in [-0.25, -0.2) is 32.3 Å². The van der Waals surface area contributed by atoms with Gasteiger partial charge in [-0.3, -0.25) is 4.79 Å². The zero-order valence-corrected chi connectivity index (χ0v) is 16.1. The van der Waals surface area contributed by atoms with Crippen LogP contribution in [0.2, 0.25) is 0 Å². The number of carbonyl (C=O) groups is 2. The van der Waals surface area contributed by atoms with Crippen LogP contribution in [-0.4, -0.2) is 28.5 Å². The molecule has 0 fully saturated rings. The van der Waals surface area contributed by atoms with E-state index in [9.17, 15) is 35.9 Å². The second-order valence-corrected chi connectivity index (χ2v) is 6.22. The molecule has 2 aromatic carbocycles. The van der Waals surface area contributed by atoms with Crippen LogP contribution in [0.25, 0.3) is 0 Å². The summed E-state index contributed by atoms with van der Waals surface area (Å²) >= 11 is 0. The third-order valence-electron chi connectivity index (χ3n) is 3.90. The van der Waals surface area contributed by atoms with Gasteiger partial charge in [0.2, 0.25) is 0 Å². The molecule has 0 aliphatic heterocycles. The van der Waals surface area contributed by atoms with Gasteiger partial charge in [-0.15, -0.1) is 0 Å². The number of ether oxygens (including phenoxy) is 2. The highest BCUT2D eigenvalue weighted by atomic mass is 19.3. The summed E-state index contributed by atoms with van der Waals surface area (Å²) in [6.45, 7) is -1.15. The maximum absolute atomic E-state index is 13.9. The lowest BCUT2D eigenvalue weighted by Crippen LogP contribution is -2.28. The van der Waals surface area contributed by atoms with Gasteiger partial charge in [0.25, 0.3) is 5.91 Å². The SMILES string of the molecule is O=C(COc1ncc(C(=O)Nc2ccc(F)cc2)cn1)OC(F)(F)c1ccc(F)c(F)c1F. The third kappa shape index (κ3) is 5.75. The Morgan fingerprint density at radius 2 is 1.55 bits per heavy atom. The van der Waals surface area contributed by atoms with Gasteiger partial charge in [-0.1, -0.05) is 0 Å². The van der Waals surface area contributed by atoms with Crippen LogP contribution >= 0.6 is 0 Å². The lowest BCUT2D eigenvalue weighted by Gasteiger charge is -2.17. The van der Waals surface area contributed by atoms with Crippen LogP contribution in [0.15, 0.2) is 48.8 Å². The Kier molecular flexibility index (Phi) is 6.80. The van der Waals surface area contributed by atoms with Crippen molar-refractivity contribution >= 4 is 17.6 Å². The Morgan fingerprint density at radius 3 is 2.18 bits per heavy atom. The summed E-state index contributed by atoms with van der Waals surface area (Å²) in [6, 6.07) is 4.87. The fraction of sp³-hybridized carbons (Fsp3) is 0.100. The maximum Gasteiger partial charge on any atom is 0.431 e. The Balaban J connectivity index is 1.56. The van der Waals surface area contributed by atoms with Crippen LogP contribution in [0.4, 0.5) is 32.0 Å². The Bertz CT molecular complexity index is 1170. The van der Waals surface area contributed by atoms with Gasteiger partial charge in [0.05, 0.1) is 5.56 Å². The summed E-state index contributed by atoms with van der Waals surface area (Å²) in [4.78, 5) is 30.9. The van der Waals surface area contributed by atoms with Crippen molar-refractivity contribution in [1.29, 1.82) is 0 Å². The van der Waals surface area contributed by atoms with Gasteiger partial charge < -0.3 is 14.8 Å². The molecular formula is C20H11F6N3O4. The molecule has 33 heavy (non-hydrogen) atoms. The van der Waals surface area contributed by atoms with E-state index in [1.807, 2.05) is 0 Å². The Hall–Kier alpha value is -4.16. The first-order chi connectivity index (χ1) is 15.6. The number of nitrogens with zero attached hydrogens (tertiary/aromatic N) is 2. The number of hydrogen-bond acceptors (Lipinski definition) is 6. The van der Waals surface area contributed by atoms with Crippen molar-refractivity contribution in [3.05, 3.63) is 83.2 Å². The summed E-state index contributed by atoms with van der Waals surface area (Å²) in [5, 5.41) is 2.44. The third-order valence-corrected chi connectivity index (χ3v) is 3.90. The molecule has 0 aliphatic rings. The first-order valence-electron chi connectivity index (χ1n) is 8.82. The zero-order chi connectivity index (χ0) is 24.2. The standard InChI is InChI=1S/C20H11F6N3O4/c21-11-1-3-12(4-2-11)29-18(31)10-7-27-19(28-8-10)32-9-15(30)33-20(25,26)13-5-6-14(22)17(24)16(13)23/h1-8H,9H2,(H,29,31). The molecular weight excluding hydrogens is 460 g/mol. The van der Waals surface area contributed by atoms with E-state index < -0.39 is 59.4 Å². The van der Waals surface area contributed by atoms with Crippen LogP contribution in [0.5, 0.6) is 6.01 Å². The van der Waals surface area contributed by atoms with Crippen molar-refractivity contribution in [3.63, 3.8) is 0 Å². The number of nitrogens with one attached hydrogen (secondary N) is 1. The number of esters is 1. The summed E-state index contributed by atoms with van der Waals surface area (Å²) in [5.74, 6) is -8.92. The quantitative estimate of drug-likeness (QED) is 0.319.